The van der Waals surface area contributed by atoms with E-state index in [2.05, 4.69) is 15.3 Å². The average Bonchev–Trinajstić information content (AvgIpc) is 3.07. The van der Waals surface area contributed by atoms with Gasteiger partial charge < -0.3 is 15.4 Å². The number of carboxylic acids is 1. The molecule has 0 saturated carbocycles. The van der Waals surface area contributed by atoms with Crippen molar-refractivity contribution in [3.63, 3.8) is 0 Å². The molecular formula is C21H17N3O3. The number of aromatic amines is 1. The van der Waals surface area contributed by atoms with Gasteiger partial charge in [-0.05, 0) is 17.7 Å². The van der Waals surface area contributed by atoms with E-state index in [-0.39, 0.29) is 12.1 Å². The van der Waals surface area contributed by atoms with E-state index in [1.165, 1.54) is 0 Å². The summed E-state index contributed by atoms with van der Waals surface area (Å²) in [5, 5.41) is 14.0. The highest BCUT2D eigenvalue weighted by Crippen LogP contribution is 2.26. The molecule has 0 aliphatic carbocycles. The largest absolute Gasteiger partial charge is 0.480 e. The molecule has 2 aromatic heterocycles. The molecule has 4 rings (SSSR count). The van der Waals surface area contributed by atoms with Crippen LogP contribution < -0.4 is 5.32 Å². The summed E-state index contributed by atoms with van der Waals surface area (Å²) >= 11 is 0. The molecule has 1 amide bonds. The van der Waals surface area contributed by atoms with Crippen molar-refractivity contribution in [2.45, 2.75) is 12.5 Å². The number of hydrogen-bond acceptors (Lipinski definition) is 3. The standard InChI is InChI=1S/C21H17N3O3/c25-20(24-17(21(26)27)12-13-6-2-1-3-7-13)19-18-15(10-11-22-19)14-8-4-5-9-16(14)23-18/h1-11,17,23H,12H2,(H,24,25)(H,26,27)/t17-/m0/s1. The summed E-state index contributed by atoms with van der Waals surface area (Å²) < 4.78 is 0. The number of aliphatic carboxylic acids is 1. The number of para-hydroxylation sites is 1. The molecule has 6 nitrogen and oxygen atoms in total. The number of hydrogen-bond donors (Lipinski definition) is 3. The Morgan fingerprint density at radius 2 is 1.74 bits per heavy atom. The van der Waals surface area contributed by atoms with E-state index in [0.29, 0.717) is 5.52 Å². The zero-order valence-electron chi connectivity index (χ0n) is 14.3. The smallest absolute Gasteiger partial charge is 0.326 e. The molecule has 0 unspecified atom stereocenters. The second-order valence-corrected chi connectivity index (χ2v) is 6.31. The van der Waals surface area contributed by atoms with Crippen molar-refractivity contribution in [1.29, 1.82) is 0 Å². The first-order valence-corrected chi connectivity index (χ1v) is 8.56. The van der Waals surface area contributed by atoms with E-state index in [0.717, 1.165) is 21.9 Å². The third kappa shape index (κ3) is 3.25. The Morgan fingerprint density at radius 1 is 1.00 bits per heavy atom. The fourth-order valence-corrected chi connectivity index (χ4v) is 3.22. The van der Waals surface area contributed by atoms with E-state index in [4.69, 9.17) is 0 Å². The summed E-state index contributed by atoms with van der Waals surface area (Å²) in [7, 11) is 0. The third-order valence-electron chi connectivity index (χ3n) is 4.53. The summed E-state index contributed by atoms with van der Waals surface area (Å²) in [4.78, 5) is 31.8. The lowest BCUT2D eigenvalue weighted by atomic mass is 10.1. The van der Waals surface area contributed by atoms with Gasteiger partial charge in [-0.2, -0.15) is 0 Å². The maximum Gasteiger partial charge on any atom is 0.326 e. The van der Waals surface area contributed by atoms with Gasteiger partial charge in [0, 0.05) is 28.9 Å². The zero-order valence-corrected chi connectivity index (χ0v) is 14.3. The van der Waals surface area contributed by atoms with Crippen molar-refractivity contribution in [1.82, 2.24) is 15.3 Å². The highest BCUT2D eigenvalue weighted by atomic mass is 16.4. The number of rotatable bonds is 5. The van der Waals surface area contributed by atoms with Gasteiger partial charge in [0.05, 0.1) is 5.52 Å². The van der Waals surface area contributed by atoms with Crippen molar-refractivity contribution in [3.05, 3.63) is 78.1 Å². The quantitative estimate of drug-likeness (QED) is 0.510. The second-order valence-electron chi connectivity index (χ2n) is 6.31. The maximum absolute atomic E-state index is 12.8. The molecule has 0 aliphatic rings. The van der Waals surface area contributed by atoms with Crippen LogP contribution in [0.2, 0.25) is 0 Å². The number of carboxylic acid groups (broad SMARTS) is 1. The lowest BCUT2D eigenvalue weighted by Gasteiger charge is -2.14. The molecule has 0 saturated heterocycles. The molecule has 6 heteroatoms. The number of carbonyl (C=O) groups excluding carboxylic acids is 1. The lowest BCUT2D eigenvalue weighted by molar-refractivity contribution is -0.139. The van der Waals surface area contributed by atoms with E-state index in [1.54, 1.807) is 6.20 Å². The molecule has 2 heterocycles. The number of fused-ring (bicyclic) bond motifs is 3. The van der Waals surface area contributed by atoms with Gasteiger partial charge in [-0.1, -0.05) is 48.5 Å². The molecule has 3 N–H and O–H groups in total. The van der Waals surface area contributed by atoms with Crippen LogP contribution >= 0.6 is 0 Å². The Morgan fingerprint density at radius 3 is 2.52 bits per heavy atom. The Kier molecular flexibility index (Phi) is 4.30. The fraction of sp³-hybridized carbons (Fsp3) is 0.0952. The number of H-pyrrole nitrogens is 1. The first kappa shape index (κ1) is 16.8. The lowest BCUT2D eigenvalue weighted by Crippen LogP contribution is -2.42. The summed E-state index contributed by atoms with van der Waals surface area (Å²) in [5.74, 6) is -1.61. The number of carbonyl (C=O) groups is 2. The number of pyridine rings is 1. The van der Waals surface area contributed by atoms with Crippen molar-refractivity contribution in [3.8, 4) is 0 Å². The maximum atomic E-state index is 12.8. The van der Waals surface area contributed by atoms with Gasteiger partial charge in [0.25, 0.3) is 5.91 Å². The van der Waals surface area contributed by atoms with Gasteiger partial charge in [-0.25, -0.2) is 9.78 Å². The molecule has 2 aromatic carbocycles. The molecule has 4 aromatic rings. The number of aromatic nitrogens is 2. The van der Waals surface area contributed by atoms with Crippen molar-refractivity contribution < 1.29 is 14.7 Å². The Bertz CT molecular complexity index is 1140. The van der Waals surface area contributed by atoms with Crippen LogP contribution in [0.3, 0.4) is 0 Å². The summed E-state index contributed by atoms with van der Waals surface area (Å²) in [6.45, 7) is 0. The minimum atomic E-state index is -1.09. The Hall–Kier alpha value is -3.67. The minimum Gasteiger partial charge on any atom is -0.480 e. The van der Waals surface area contributed by atoms with Crippen LogP contribution in [-0.4, -0.2) is 33.0 Å². The van der Waals surface area contributed by atoms with Crippen LogP contribution in [0.1, 0.15) is 16.1 Å². The molecule has 27 heavy (non-hydrogen) atoms. The Balaban J connectivity index is 1.66. The topological polar surface area (TPSA) is 95.1 Å². The minimum absolute atomic E-state index is 0.183. The van der Waals surface area contributed by atoms with Crippen molar-refractivity contribution in [2.24, 2.45) is 0 Å². The van der Waals surface area contributed by atoms with Gasteiger partial charge in [-0.15, -0.1) is 0 Å². The molecule has 0 aliphatic heterocycles. The summed E-state index contributed by atoms with van der Waals surface area (Å²) in [5.41, 5.74) is 2.51. The second kappa shape index (κ2) is 6.92. The first-order chi connectivity index (χ1) is 13.1. The van der Waals surface area contributed by atoms with Crippen LogP contribution in [0, 0.1) is 0 Å². The molecule has 134 valence electrons. The van der Waals surface area contributed by atoms with E-state index in [9.17, 15) is 14.7 Å². The molecule has 0 spiro atoms. The van der Waals surface area contributed by atoms with Gasteiger partial charge in [0.1, 0.15) is 6.04 Å². The van der Waals surface area contributed by atoms with E-state index in [1.807, 2.05) is 60.7 Å². The normalized spacial score (nSPS) is 12.1. The predicted octanol–water partition coefficient (Wildman–Crippen LogP) is 3.14. The predicted molar refractivity (Wildman–Crippen MR) is 103 cm³/mol. The summed E-state index contributed by atoms with van der Waals surface area (Å²) in [6.07, 6.45) is 1.76. The zero-order chi connectivity index (χ0) is 18.8. The van der Waals surface area contributed by atoms with Crippen molar-refractivity contribution in [2.75, 3.05) is 0 Å². The van der Waals surface area contributed by atoms with Crippen LogP contribution in [-0.2, 0) is 11.2 Å². The number of amides is 1. The highest BCUT2D eigenvalue weighted by molar-refractivity contribution is 6.14. The average molecular weight is 359 g/mol. The van der Waals surface area contributed by atoms with Gasteiger partial charge in [0.2, 0.25) is 0 Å². The number of benzene rings is 2. The van der Waals surface area contributed by atoms with E-state index < -0.39 is 17.9 Å². The monoisotopic (exact) mass is 359 g/mol. The fourth-order valence-electron chi connectivity index (χ4n) is 3.22. The molecule has 0 bridgehead atoms. The molecular weight excluding hydrogens is 342 g/mol. The van der Waals surface area contributed by atoms with Gasteiger partial charge in [-0.3, -0.25) is 4.79 Å². The van der Waals surface area contributed by atoms with Crippen LogP contribution in [0.25, 0.3) is 21.8 Å². The molecule has 0 fully saturated rings. The Labute approximate surface area is 154 Å². The molecule has 0 radical (unpaired) electrons. The van der Waals surface area contributed by atoms with Crippen LogP contribution in [0.15, 0.2) is 66.9 Å². The first-order valence-electron chi connectivity index (χ1n) is 8.56. The van der Waals surface area contributed by atoms with Gasteiger partial charge >= 0.3 is 5.97 Å². The van der Waals surface area contributed by atoms with Gasteiger partial charge in [0.15, 0.2) is 5.69 Å². The van der Waals surface area contributed by atoms with Crippen molar-refractivity contribution >= 4 is 33.7 Å². The third-order valence-corrected chi connectivity index (χ3v) is 4.53. The summed E-state index contributed by atoms with van der Waals surface area (Å²) in [6, 6.07) is 17.7. The van der Waals surface area contributed by atoms with Crippen LogP contribution in [0.4, 0.5) is 0 Å². The SMILES string of the molecule is O=C(N[C@@H](Cc1ccccc1)C(=O)O)c1nccc2c1[nH]c1ccccc12. The number of nitrogens with one attached hydrogen (secondary N) is 2. The number of nitrogens with zero attached hydrogens (tertiary/aromatic N) is 1. The molecule has 1 atom stereocenters. The highest BCUT2D eigenvalue weighted by Gasteiger charge is 2.23. The van der Waals surface area contributed by atoms with Crippen LogP contribution in [0.5, 0.6) is 0 Å². The van der Waals surface area contributed by atoms with E-state index >= 15 is 0 Å².